The molecule has 0 aliphatic carbocycles. The number of carbonyl (C=O) groups is 1. The second-order valence-electron chi connectivity index (χ2n) is 3.78. The van der Waals surface area contributed by atoms with Crippen LogP contribution < -0.4 is 10.1 Å². The fourth-order valence-electron chi connectivity index (χ4n) is 1.39. The van der Waals surface area contributed by atoms with Crippen molar-refractivity contribution in [3.63, 3.8) is 0 Å². The van der Waals surface area contributed by atoms with E-state index in [1.807, 2.05) is 0 Å². The zero-order valence-electron chi connectivity index (χ0n) is 10.1. The Morgan fingerprint density at radius 1 is 1.35 bits per heavy atom. The summed E-state index contributed by atoms with van der Waals surface area (Å²) in [4.78, 5) is 15.5. The SMILES string of the molecule is O=C(COc1cc(Cl)ccc1Cl)Nc1ncccc1O. The van der Waals surface area contributed by atoms with Gasteiger partial charge in [0, 0.05) is 17.3 Å². The average molecular weight is 313 g/mol. The Bertz CT molecular complexity index is 635. The Hall–Kier alpha value is -1.98. The Morgan fingerprint density at radius 3 is 2.90 bits per heavy atom. The lowest BCUT2D eigenvalue weighted by molar-refractivity contribution is -0.118. The highest BCUT2D eigenvalue weighted by molar-refractivity contribution is 6.34. The maximum absolute atomic E-state index is 11.7. The fraction of sp³-hybridized carbons (Fsp3) is 0.0769. The highest BCUT2D eigenvalue weighted by Crippen LogP contribution is 2.27. The van der Waals surface area contributed by atoms with Gasteiger partial charge in [-0.05, 0) is 24.3 Å². The number of rotatable bonds is 4. The minimum absolute atomic E-state index is 0.0679. The van der Waals surface area contributed by atoms with Gasteiger partial charge < -0.3 is 15.2 Å². The molecule has 0 spiro atoms. The number of aromatic nitrogens is 1. The van der Waals surface area contributed by atoms with Gasteiger partial charge in [-0.15, -0.1) is 0 Å². The minimum atomic E-state index is -0.477. The van der Waals surface area contributed by atoms with Gasteiger partial charge in [-0.2, -0.15) is 0 Å². The van der Waals surface area contributed by atoms with Crippen LogP contribution in [0.4, 0.5) is 5.82 Å². The molecule has 0 bridgehead atoms. The van der Waals surface area contributed by atoms with Gasteiger partial charge in [0.25, 0.3) is 5.91 Å². The molecule has 0 aliphatic heterocycles. The van der Waals surface area contributed by atoms with Gasteiger partial charge in [-0.1, -0.05) is 23.2 Å². The van der Waals surface area contributed by atoms with Crippen LogP contribution in [-0.4, -0.2) is 22.6 Å². The van der Waals surface area contributed by atoms with Crippen molar-refractivity contribution in [1.82, 2.24) is 4.98 Å². The molecule has 0 radical (unpaired) electrons. The normalized spacial score (nSPS) is 10.1. The summed E-state index contributed by atoms with van der Waals surface area (Å²) in [5, 5.41) is 12.7. The van der Waals surface area contributed by atoms with Crippen molar-refractivity contribution in [2.24, 2.45) is 0 Å². The summed E-state index contributed by atoms with van der Waals surface area (Å²) in [7, 11) is 0. The van der Waals surface area contributed by atoms with E-state index in [-0.39, 0.29) is 18.2 Å². The molecule has 0 atom stereocenters. The Kier molecular flexibility index (Phi) is 4.65. The minimum Gasteiger partial charge on any atom is -0.504 e. The second-order valence-corrected chi connectivity index (χ2v) is 4.63. The van der Waals surface area contributed by atoms with Gasteiger partial charge in [0.1, 0.15) is 5.75 Å². The zero-order valence-corrected chi connectivity index (χ0v) is 11.6. The molecule has 2 rings (SSSR count). The molecule has 0 saturated carbocycles. The highest BCUT2D eigenvalue weighted by Gasteiger charge is 2.09. The smallest absolute Gasteiger partial charge is 0.263 e. The van der Waals surface area contributed by atoms with Gasteiger partial charge in [0.15, 0.2) is 18.2 Å². The molecule has 0 unspecified atom stereocenters. The molecule has 1 amide bonds. The molecule has 2 N–H and O–H groups in total. The van der Waals surface area contributed by atoms with Crippen LogP contribution in [0.5, 0.6) is 11.5 Å². The molecule has 7 heteroatoms. The lowest BCUT2D eigenvalue weighted by atomic mass is 10.3. The van der Waals surface area contributed by atoms with E-state index in [0.717, 1.165) is 0 Å². The van der Waals surface area contributed by atoms with E-state index in [0.29, 0.717) is 15.8 Å². The van der Waals surface area contributed by atoms with Crippen LogP contribution in [0, 0.1) is 0 Å². The number of aromatic hydroxyl groups is 1. The lowest BCUT2D eigenvalue weighted by Crippen LogP contribution is -2.20. The molecule has 2 aromatic rings. The number of benzene rings is 1. The monoisotopic (exact) mass is 312 g/mol. The Morgan fingerprint density at radius 2 is 2.15 bits per heavy atom. The highest BCUT2D eigenvalue weighted by atomic mass is 35.5. The van der Waals surface area contributed by atoms with E-state index in [4.69, 9.17) is 27.9 Å². The molecule has 20 heavy (non-hydrogen) atoms. The van der Waals surface area contributed by atoms with Crippen LogP contribution in [0.1, 0.15) is 0 Å². The molecule has 5 nitrogen and oxygen atoms in total. The van der Waals surface area contributed by atoms with Crippen LogP contribution in [0.25, 0.3) is 0 Å². The molecule has 1 heterocycles. The van der Waals surface area contributed by atoms with Gasteiger partial charge in [-0.25, -0.2) is 4.98 Å². The van der Waals surface area contributed by atoms with Gasteiger partial charge in [-0.3, -0.25) is 4.79 Å². The molecular formula is C13H10Cl2N2O3. The molecule has 0 fully saturated rings. The number of amides is 1. The van der Waals surface area contributed by atoms with Gasteiger partial charge in [0.2, 0.25) is 0 Å². The third-order valence-electron chi connectivity index (χ3n) is 2.30. The maximum Gasteiger partial charge on any atom is 0.263 e. The van der Waals surface area contributed by atoms with Crippen molar-refractivity contribution in [3.8, 4) is 11.5 Å². The largest absolute Gasteiger partial charge is 0.504 e. The summed E-state index contributed by atoms with van der Waals surface area (Å²) >= 11 is 11.7. The fourth-order valence-corrected chi connectivity index (χ4v) is 1.73. The lowest BCUT2D eigenvalue weighted by Gasteiger charge is -2.09. The van der Waals surface area contributed by atoms with E-state index in [9.17, 15) is 9.90 Å². The first-order chi connectivity index (χ1) is 9.56. The topological polar surface area (TPSA) is 71.5 Å². The predicted molar refractivity (Wildman–Crippen MR) is 76.5 cm³/mol. The zero-order chi connectivity index (χ0) is 14.5. The molecule has 0 aliphatic rings. The number of nitrogens with zero attached hydrogens (tertiary/aromatic N) is 1. The Balaban J connectivity index is 1.96. The molecule has 104 valence electrons. The van der Waals surface area contributed by atoms with Crippen molar-refractivity contribution in [1.29, 1.82) is 0 Å². The van der Waals surface area contributed by atoms with Gasteiger partial charge >= 0.3 is 0 Å². The van der Waals surface area contributed by atoms with Crippen molar-refractivity contribution < 1.29 is 14.6 Å². The van der Waals surface area contributed by atoms with Crippen molar-refractivity contribution in [2.75, 3.05) is 11.9 Å². The molecule has 0 saturated heterocycles. The Labute approximate surface area is 125 Å². The first-order valence-corrected chi connectivity index (χ1v) is 6.33. The summed E-state index contributed by atoms with van der Waals surface area (Å²) in [6.45, 7) is -0.282. The van der Waals surface area contributed by atoms with Crippen LogP contribution in [0.3, 0.4) is 0 Å². The van der Waals surface area contributed by atoms with E-state index in [1.165, 1.54) is 18.3 Å². The number of nitrogens with one attached hydrogen (secondary N) is 1. The predicted octanol–water partition coefficient (Wildman–Crippen LogP) is 3.11. The molecular weight excluding hydrogens is 303 g/mol. The quantitative estimate of drug-likeness (QED) is 0.910. The summed E-state index contributed by atoms with van der Waals surface area (Å²) in [5.74, 6) is -0.227. The number of anilines is 1. The number of pyridine rings is 1. The number of halogens is 2. The molecule has 1 aromatic heterocycles. The van der Waals surface area contributed by atoms with Crippen molar-refractivity contribution in [3.05, 3.63) is 46.6 Å². The number of carbonyl (C=O) groups excluding carboxylic acids is 1. The first-order valence-electron chi connectivity index (χ1n) is 5.58. The first kappa shape index (κ1) is 14.4. The maximum atomic E-state index is 11.7. The van der Waals surface area contributed by atoms with E-state index < -0.39 is 5.91 Å². The average Bonchev–Trinajstić information content (AvgIpc) is 2.42. The summed E-state index contributed by atoms with van der Waals surface area (Å²) in [6, 6.07) is 7.66. The third-order valence-corrected chi connectivity index (χ3v) is 2.84. The van der Waals surface area contributed by atoms with Crippen LogP contribution >= 0.6 is 23.2 Å². The van der Waals surface area contributed by atoms with Crippen LogP contribution in [0.15, 0.2) is 36.5 Å². The van der Waals surface area contributed by atoms with Gasteiger partial charge in [0.05, 0.1) is 5.02 Å². The molecule has 1 aromatic carbocycles. The summed E-state index contributed by atoms with van der Waals surface area (Å²) in [5.41, 5.74) is 0. The number of hydrogen-bond acceptors (Lipinski definition) is 4. The van der Waals surface area contributed by atoms with Crippen molar-refractivity contribution in [2.45, 2.75) is 0 Å². The number of hydrogen-bond donors (Lipinski definition) is 2. The van der Waals surface area contributed by atoms with E-state index >= 15 is 0 Å². The number of ether oxygens (including phenoxy) is 1. The van der Waals surface area contributed by atoms with E-state index in [1.54, 1.807) is 18.2 Å². The van der Waals surface area contributed by atoms with E-state index in [2.05, 4.69) is 10.3 Å². The summed E-state index contributed by atoms with van der Waals surface area (Å²) in [6.07, 6.45) is 1.45. The summed E-state index contributed by atoms with van der Waals surface area (Å²) < 4.78 is 5.25. The van der Waals surface area contributed by atoms with Crippen molar-refractivity contribution >= 4 is 34.9 Å². The van der Waals surface area contributed by atoms with Crippen LogP contribution in [-0.2, 0) is 4.79 Å². The second kappa shape index (κ2) is 6.45. The van der Waals surface area contributed by atoms with Crippen LogP contribution in [0.2, 0.25) is 10.0 Å². The standard InChI is InChI=1S/C13H10Cl2N2O3/c14-8-3-4-9(15)11(6-8)20-7-12(19)17-13-10(18)2-1-5-16-13/h1-6,18H,7H2,(H,16,17,19). The third kappa shape index (κ3) is 3.76.